The van der Waals surface area contributed by atoms with Crippen molar-refractivity contribution in [2.75, 3.05) is 0 Å². The van der Waals surface area contributed by atoms with E-state index in [9.17, 15) is 15.0 Å². The number of carbonyl (C=O) groups excluding carboxylic acids is 1. The lowest BCUT2D eigenvalue weighted by Gasteiger charge is -2.12. The second-order valence-corrected chi connectivity index (χ2v) is 5.12. The van der Waals surface area contributed by atoms with Crippen molar-refractivity contribution >= 4 is 34.5 Å². The van der Waals surface area contributed by atoms with Gasteiger partial charge >= 0.3 is 0 Å². The van der Waals surface area contributed by atoms with Gasteiger partial charge in [-0.05, 0) is 48.5 Å². The normalized spacial score (nSPS) is 18.0. The number of aromatic hydroxyl groups is 2. The molecule has 0 amide bonds. The zero-order valence-electron chi connectivity index (χ0n) is 12.5. The van der Waals surface area contributed by atoms with Crippen LogP contribution in [0.3, 0.4) is 0 Å². The summed E-state index contributed by atoms with van der Waals surface area (Å²) in [6.07, 6.45) is -0.00682. The van der Waals surface area contributed by atoms with Crippen LogP contribution < -0.4 is 5.73 Å². The lowest BCUT2D eigenvalue weighted by Crippen LogP contribution is -2.34. The molecule has 24 heavy (non-hydrogen) atoms. The second-order valence-electron chi connectivity index (χ2n) is 5.12. The number of Topliss-reactive ketones (excluding diaryl/α,β-unsaturated/α-hetero) is 1. The Bertz CT molecular complexity index is 866. The Morgan fingerprint density at radius 2 is 1.38 bits per heavy atom. The van der Waals surface area contributed by atoms with Crippen molar-refractivity contribution in [3.63, 3.8) is 0 Å². The number of hydrogen-bond acceptors (Lipinski definition) is 6. The first kappa shape index (κ1) is 15.4. The van der Waals surface area contributed by atoms with Crippen molar-refractivity contribution < 1.29 is 15.0 Å². The lowest BCUT2D eigenvalue weighted by molar-refractivity contribution is -0.112. The largest absolute Gasteiger partial charge is 0.508 e. The van der Waals surface area contributed by atoms with E-state index in [1.54, 1.807) is 24.3 Å². The predicted octanol–water partition coefficient (Wildman–Crippen LogP) is 2.23. The van der Waals surface area contributed by atoms with E-state index in [4.69, 9.17) is 5.73 Å². The summed E-state index contributed by atoms with van der Waals surface area (Å²) in [5.74, 6) is 0.0536. The third-order valence-electron chi connectivity index (χ3n) is 3.30. The highest BCUT2D eigenvalue weighted by Crippen LogP contribution is 2.21. The number of nitrogens with zero attached hydrogens (tertiary/aromatic N) is 3. The van der Waals surface area contributed by atoms with Gasteiger partial charge in [-0.1, -0.05) is 0 Å². The van der Waals surface area contributed by atoms with Gasteiger partial charge in [-0.2, -0.15) is 0 Å². The Balaban J connectivity index is 2.03. The van der Waals surface area contributed by atoms with E-state index in [0.29, 0.717) is 17.1 Å². The highest BCUT2D eigenvalue weighted by atomic mass is 16.3. The molecule has 7 heteroatoms. The van der Waals surface area contributed by atoms with Crippen LogP contribution in [0.2, 0.25) is 0 Å². The first-order chi connectivity index (χ1) is 11.5. The maximum Gasteiger partial charge on any atom is 0.203 e. The van der Waals surface area contributed by atoms with Gasteiger partial charge in [-0.25, -0.2) is 15.0 Å². The van der Waals surface area contributed by atoms with E-state index in [1.807, 2.05) is 0 Å². The van der Waals surface area contributed by atoms with Gasteiger partial charge < -0.3 is 15.9 Å². The number of phenols is 2. The topological polar surface area (TPSA) is 121 Å². The monoisotopic (exact) mass is 322 g/mol. The lowest BCUT2D eigenvalue weighted by atomic mass is 10.1. The van der Waals surface area contributed by atoms with Crippen LogP contribution in [0.15, 0.2) is 63.5 Å². The number of ketones is 1. The van der Waals surface area contributed by atoms with Crippen LogP contribution in [0.5, 0.6) is 11.5 Å². The number of phenolic OH excluding ortho intramolecular Hbond substituents is 2. The first-order valence-electron chi connectivity index (χ1n) is 7.13. The van der Waals surface area contributed by atoms with Gasteiger partial charge in [0.15, 0.2) is 11.7 Å². The minimum absolute atomic E-state index is 0.00682. The van der Waals surface area contributed by atoms with Gasteiger partial charge in [-0.15, -0.1) is 0 Å². The molecule has 0 aromatic heterocycles. The third-order valence-corrected chi connectivity index (χ3v) is 3.30. The third kappa shape index (κ3) is 3.46. The van der Waals surface area contributed by atoms with Gasteiger partial charge in [0, 0.05) is 0 Å². The van der Waals surface area contributed by atoms with Crippen molar-refractivity contribution in [3.8, 4) is 11.5 Å². The number of carbonyl (C=O) groups is 1. The molecule has 1 aliphatic heterocycles. The van der Waals surface area contributed by atoms with Crippen LogP contribution in [-0.4, -0.2) is 33.4 Å². The summed E-state index contributed by atoms with van der Waals surface area (Å²) >= 11 is 0. The van der Waals surface area contributed by atoms with Crippen LogP contribution in [0.4, 0.5) is 11.4 Å². The molecule has 0 fully saturated rings. The Morgan fingerprint density at radius 1 is 0.875 bits per heavy atom. The number of benzene rings is 2. The van der Waals surface area contributed by atoms with E-state index in [0.717, 1.165) is 0 Å². The van der Waals surface area contributed by atoms with Crippen molar-refractivity contribution in [3.05, 3.63) is 48.5 Å². The quantitative estimate of drug-likeness (QED) is 0.785. The molecule has 2 aromatic carbocycles. The first-order valence-corrected chi connectivity index (χ1v) is 7.13. The van der Waals surface area contributed by atoms with E-state index in [-0.39, 0.29) is 35.4 Å². The van der Waals surface area contributed by atoms with Crippen molar-refractivity contribution in [1.82, 2.24) is 0 Å². The van der Waals surface area contributed by atoms with E-state index >= 15 is 0 Å². The molecule has 0 bridgehead atoms. The molecular weight excluding hydrogens is 308 g/mol. The molecule has 0 unspecified atom stereocenters. The predicted molar refractivity (Wildman–Crippen MR) is 91.7 cm³/mol. The van der Waals surface area contributed by atoms with Gasteiger partial charge in [0.25, 0.3) is 0 Å². The second kappa shape index (κ2) is 6.33. The molecule has 0 saturated carbocycles. The zero-order chi connectivity index (χ0) is 17.1. The summed E-state index contributed by atoms with van der Waals surface area (Å²) in [6, 6.07) is 12.5. The number of rotatable bonds is 2. The minimum atomic E-state index is -0.322. The number of nitrogens with two attached hydrogens (primary N) is 1. The van der Waals surface area contributed by atoms with Crippen molar-refractivity contribution in [2.45, 2.75) is 6.42 Å². The molecular formula is C17H14N4O3. The van der Waals surface area contributed by atoms with E-state index in [2.05, 4.69) is 15.0 Å². The molecule has 4 N–H and O–H groups in total. The summed E-state index contributed by atoms with van der Waals surface area (Å²) in [5.41, 5.74) is 7.10. The molecule has 7 nitrogen and oxygen atoms in total. The van der Waals surface area contributed by atoms with E-state index in [1.165, 1.54) is 24.3 Å². The highest BCUT2D eigenvalue weighted by molar-refractivity contribution is 6.58. The smallest absolute Gasteiger partial charge is 0.203 e. The SMILES string of the molecule is NC1=NC(=Nc2ccc(O)cc2)C(=Nc2ccc(O)cc2)CC1=O. The molecule has 0 atom stereocenters. The Kier molecular flexibility index (Phi) is 4.07. The molecule has 0 saturated heterocycles. The van der Waals surface area contributed by atoms with Crippen molar-refractivity contribution in [2.24, 2.45) is 20.7 Å². The number of amidine groups is 2. The molecule has 1 aliphatic rings. The Labute approximate surface area is 137 Å². The van der Waals surface area contributed by atoms with Gasteiger partial charge in [0.05, 0.1) is 23.5 Å². The molecule has 2 aromatic rings. The van der Waals surface area contributed by atoms with Crippen LogP contribution in [-0.2, 0) is 4.79 Å². The fourth-order valence-electron chi connectivity index (χ4n) is 2.07. The average Bonchev–Trinajstić information content (AvgIpc) is 2.56. The highest BCUT2D eigenvalue weighted by Gasteiger charge is 2.23. The summed E-state index contributed by atoms with van der Waals surface area (Å²) < 4.78 is 0. The number of aliphatic imine (C=N–C) groups is 3. The van der Waals surface area contributed by atoms with Gasteiger partial charge in [-0.3, -0.25) is 4.79 Å². The number of hydrogen-bond donors (Lipinski definition) is 3. The van der Waals surface area contributed by atoms with Gasteiger partial charge in [0.2, 0.25) is 5.78 Å². The van der Waals surface area contributed by atoms with Gasteiger partial charge in [0.1, 0.15) is 11.5 Å². The maximum absolute atomic E-state index is 11.8. The van der Waals surface area contributed by atoms with E-state index < -0.39 is 0 Å². The van der Waals surface area contributed by atoms with Crippen LogP contribution >= 0.6 is 0 Å². The minimum Gasteiger partial charge on any atom is -0.508 e. The standard InChI is InChI=1S/C17H14N4O3/c18-16-15(24)9-14(19-10-1-5-12(22)6-2-10)17(21-16)20-11-3-7-13(23)8-4-11/h1-8,22-23H,9H2,(H2,18,20,21). The van der Waals surface area contributed by atoms with Crippen molar-refractivity contribution in [1.29, 1.82) is 0 Å². The van der Waals surface area contributed by atoms with Crippen LogP contribution in [0.1, 0.15) is 6.42 Å². The molecule has 0 spiro atoms. The molecule has 0 aliphatic carbocycles. The molecule has 120 valence electrons. The van der Waals surface area contributed by atoms with Crippen LogP contribution in [0, 0.1) is 0 Å². The summed E-state index contributed by atoms with van der Waals surface area (Å²) in [7, 11) is 0. The van der Waals surface area contributed by atoms with Crippen LogP contribution in [0.25, 0.3) is 0 Å². The summed E-state index contributed by atoms with van der Waals surface area (Å²) in [6.45, 7) is 0. The Morgan fingerprint density at radius 3 is 1.92 bits per heavy atom. The Hall–Kier alpha value is -3.48. The maximum atomic E-state index is 11.8. The summed E-state index contributed by atoms with van der Waals surface area (Å²) in [5, 5.41) is 18.6. The summed E-state index contributed by atoms with van der Waals surface area (Å²) in [4.78, 5) is 24.6. The fraction of sp³-hybridized carbons (Fsp3) is 0.0588. The average molecular weight is 322 g/mol. The molecule has 1 heterocycles. The molecule has 3 rings (SSSR count). The molecule has 0 radical (unpaired) electrons. The fourth-order valence-corrected chi connectivity index (χ4v) is 2.07. The zero-order valence-corrected chi connectivity index (χ0v) is 12.5.